The topological polar surface area (TPSA) is 137 Å². The average Bonchev–Trinajstić information content (AvgIpc) is 3.76. The minimum absolute atomic E-state index is 0.204. The van der Waals surface area contributed by atoms with Crippen LogP contribution in [0.2, 0.25) is 0 Å². The Balaban J connectivity index is 1.21. The molecule has 4 heterocycles. The molecule has 44 heavy (non-hydrogen) atoms. The van der Waals surface area contributed by atoms with Crippen molar-refractivity contribution in [1.29, 1.82) is 5.26 Å². The number of nitriles is 1. The van der Waals surface area contributed by atoms with Gasteiger partial charge >= 0.3 is 12.2 Å². The molecule has 13 nitrogen and oxygen atoms in total. The average molecular weight is 592 g/mol. The number of fused-ring (bicyclic) bond motifs is 2. The first kappa shape index (κ1) is 28.1. The molecule has 2 aromatic carbocycles. The number of carbonyl (C=O) groups excluding carboxylic acids is 2. The second-order valence-electron chi connectivity index (χ2n) is 11.2. The monoisotopic (exact) mass is 591 g/mol. The first-order valence-electron chi connectivity index (χ1n) is 13.7. The zero-order valence-corrected chi connectivity index (χ0v) is 24.7. The van der Waals surface area contributed by atoms with Crippen LogP contribution in [0.4, 0.5) is 15.3 Å². The first-order chi connectivity index (χ1) is 21.0. The van der Waals surface area contributed by atoms with Crippen LogP contribution in [0.15, 0.2) is 79.6 Å². The number of amides is 2. The van der Waals surface area contributed by atoms with E-state index < -0.39 is 17.7 Å². The van der Waals surface area contributed by atoms with Crippen LogP contribution in [0.5, 0.6) is 5.75 Å². The number of ether oxygens (including phenoxy) is 1. The Kier molecular flexibility index (Phi) is 6.81. The summed E-state index contributed by atoms with van der Waals surface area (Å²) in [6.07, 6.45) is 8.97. The number of aromatic nitrogens is 6. The summed E-state index contributed by atoms with van der Waals surface area (Å²) in [7, 11) is 3.64. The zero-order valence-electron chi connectivity index (χ0n) is 24.7. The molecule has 0 aliphatic carbocycles. The van der Waals surface area contributed by atoms with Crippen LogP contribution in [-0.4, -0.2) is 51.5 Å². The molecule has 6 rings (SSSR count). The number of hydrogen-bond donors (Lipinski definition) is 1. The summed E-state index contributed by atoms with van der Waals surface area (Å²) < 4.78 is 12.8. The van der Waals surface area contributed by atoms with E-state index in [2.05, 4.69) is 21.6 Å². The molecule has 0 saturated heterocycles. The van der Waals surface area contributed by atoms with Crippen molar-refractivity contribution in [3.63, 3.8) is 0 Å². The molecule has 0 bridgehead atoms. The Morgan fingerprint density at radius 1 is 0.909 bits per heavy atom. The highest BCUT2D eigenvalue weighted by Gasteiger charge is 2.33. The van der Waals surface area contributed by atoms with Gasteiger partial charge in [0.15, 0.2) is 0 Å². The Morgan fingerprint density at radius 3 is 2.25 bits per heavy atom. The van der Waals surface area contributed by atoms with Gasteiger partial charge in [0.05, 0.1) is 45.9 Å². The summed E-state index contributed by atoms with van der Waals surface area (Å²) in [6.45, 7) is 5.14. The SMILES string of the molecule is Cn1cc(-n2ccc3ccc(NC(=O)ON(C(=O)Oc4ccc5c(C#N)cn(-c6cnn(C)c6)c5c4)C(C)(C)C)cc32)cn1. The molecule has 222 valence electrons. The summed E-state index contributed by atoms with van der Waals surface area (Å²) >= 11 is 0. The molecule has 0 spiro atoms. The van der Waals surface area contributed by atoms with Crippen molar-refractivity contribution in [2.45, 2.75) is 26.3 Å². The standard InChI is InChI=1S/C31H29N9O4/c1-31(2,3)40(44-29(41)35-22-7-6-20-10-11-38(27(20)12-22)23-15-33-36(4)18-23)30(42)43-25-8-9-26-21(14-32)17-39(28(26)13-25)24-16-34-37(5)19-24/h6-13,15-19H,1-5H3,(H,35,41). The van der Waals surface area contributed by atoms with Crippen LogP contribution >= 0.6 is 0 Å². The summed E-state index contributed by atoms with van der Waals surface area (Å²) in [6, 6.07) is 14.5. The van der Waals surface area contributed by atoms with Crippen molar-refractivity contribution >= 4 is 39.7 Å². The van der Waals surface area contributed by atoms with Gasteiger partial charge in [0.1, 0.15) is 11.8 Å². The maximum absolute atomic E-state index is 13.4. The molecular weight excluding hydrogens is 562 g/mol. The lowest BCUT2D eigenvalue weighted by Crippen LogP contribution is -2.48. The smallest absolute Gasteiger partial charge is 0.408 e. The van der Waals surface area contributed by atoms with E-state index >= 15 is 0 Å². The van der Waals surface area contributed by atoms with E-state index in [0.717, 1.165) is 27.3 Å². The third kappa shape index (κ3) is 5.32. The third-order valence-corrected chi connectivity index (χ3v) is 6.93. The van der Waals surface area contributed by atoms with Crippen molar-refractivity contribution < 1.29 is 19.2 Å². The number of nitrogens with zero attached hydrogens (tertiary/aromatic N) is 8. The summed E-state index contributed by atoms with van der Waals surface area (Å²) in [5.74, 6) is 0.204. The zero-order chi connectivity index (χ0) is 31.2. The van der Waals surface area contributed by atoms with Gasteiger partial charge in [-0.25, -0.2) is 9.59 Å². The summed E-state index contributed by atoms with van der Waals surface area (Å²) in [5, 5.41) is 23.3. The van der Waals surface area contributed by atoms with E-state index in [4.69, 9.17) is 9.57 Å². The largest absolute Gasteiger partial charge is 0.449 e. The van der Waals surface area contributed by atoms with Crippen molar-refractivity contribution in [2.75, 3.05) is 5.32 Å². The van der Waals surface area contributed by atoms with E-state index in [1.54, 1.807) is 90.8 Å². The molecule has 0 aliphatic heterocycles. The number of benzene rings is 2. The van der Waals surface area contributed by atoms with Gasteiger partial charge < -0.3 is 18.7 Å². The molecular formula is C31H29N9O4. The van der Waals surface area contributed by atoms with Crippen LogP contribution in [0, 0.1) is 11.3 Å². The van der Waals surface area contributed by atoms with Crippen LogP contribution in [0.1, 0.15) is 26.3 Å². The van der Waals surface area contributed by atoms with E-state index in [9.17, 15) is 14.9 Å². The molecule has 0 aliphatic rings. The molecule has 6 aromatic rings. The second-order valence-corrected chi connectivity index (χ2v) is 11.2. The van der Waals surface area contributed by atoms with E-state index in [0.29, 0.717) is 22.2 Å². The number of carbonyl (C=O) groups is 2. The quantitative estimate of drug-likeness (QED) is 0.261. The highest BCUT2D eigenvalue weighted by molar-refractivity contribution is 5.92. The van der Waals surface area contributed by atoms with Crippen LogP contribution in [0.3, 0.4) is 0 Å². The number of aryl methyl sites for hydroxylation is 2. The highest BCUT2D eigenvalue weighted by atomic mass is 16.8. The fourth-order valence-electron chi connectivity index (χ4n) is 4.88. The Labute approximate surface area is 252 Å². The van der Waals surface area contributed by atoms with Gasteiger partial charge in [0, 0.05) is 61.4 Å². The normalized spacial score (nSPS) is 11.5. The first-order valence-corrected chi connectivity index (χ1v) is 13.7. The second kappa shape index (κ2) is 10.7. The minimum atomic E-state index is -0.943. The Morgan fingerprint density at radius 2 is 1.61 bits per heavy atom. The lowest BCUT2D eigenvalue weighted by molar-refractivity contribution is -0.121. The molecule has 0 saturated carbocycles. The van der Waals surface area contributed by atoms with E-state index in [1.165, 1.54) is 0 Å². The van der Waals surface area contributed by atoms with Crippen LogP contribution in [-0.2, 0) is 18.9 Å². The van der Waals surface area contributed by atoms with Gasteiger partial charge in [-0.15, -0.1) is 5.06 Å². The summed E-state index contributed by atoms with van der Waals surface area (Å²) in [4.78, 5) is 31.9. The minimum Gasteiger partial charge on any atom is -0.408 e. The maximum atomic E-state index is 13.4. The maximum Gasteiger partial charge on any atom is 0.449 e. The highest BCUT2D eigenvalue weighted by Crippen LogP contribution is 2.29. The number of hydroxylamine groups is 2. The molecule has 2 amide bonds. The Hall–Kier alpha value is -6.03. The fraction of sp³-hybridized carbons (Fsp3) is 0.194. The van der Waals surface area contributed by atoms with Crippen molar-refractivity contribution in [3.05, 3.63) is 85.2 Å². The number of hydrogen-bond acceptors (Lipinski definition) is 7. The molecule has 0 unspecified atom stereocenters. The van der Waals surface area contributed by atoms with Gasteiger partial charge in [-0.3, -0.25) is 14.7 Å². The number of rotatable bonds is 4. The van der Waals surface area contributed by atoms with Gasteiger partial charge in [0.25, 0.3) is 0 Å². The van der Waals surface area contributed by atoms with Gasteiger partial charge in [-0.2, -0.15) is 15.5 Å². The molecule has 13 heteroatoms. The van der Waals surface area contributed by atoms with Gasteiger partial charge in [-0.1, -0.05) is 6.07 Å². The molecule has 0 atom stereocenters. The predicted molar refractivity (Wildman–Crippen MR) is 163 cm³/mol. The summed E-state index contributed by atoms with van der Waals surface area (Å²) in [5.41, 5.74) is 3.11. The Bertz CT molecular complexity index is 2080. The van der Waals surface area contributed by atoms with Crippen molar-refractivity contribution in [2.24, 2.45) is 14.1 Å². The van der Waals surface area contributed by atoms with E-state index in [1.807, 2.05) is 42.2 Å². The third-order valence-electron chi connectivity index (χ3n) is 6.93. The molecule has 0 fully saturated rings. The van der Waals surface area contributed by atoms with Crippen molar-refractivity contribution in [1.82, 2.24) is 33.8 Å². The van der Waals surface area contributed by atoms with E-state index in [-0.39, 0.29) is 5.75 Å². The lowest BCUT2D eigenvalue weighted by Gasteiger charge is -2.31. The molecule has 4 aromatic heterocycles. The number of nitrogens with one attached hydrogen (secondary N) is 1. The lowest BCUT2D eigenvalue weighted by atomic mass is 10.1. The van der Waals surface area contributed by atoms with Crippen molar-refractivity contribution in [3.8, 4) is 23.2 Å². The predicted octanol–water partition coefficient (Wildman–Crippen LogP) is 5.68. The fourth-order valence-corrected chi connectivity index (χ4v) is 4.88. The molecule has 1 N–H and O–H groups in total. The van der Waals surface area contributed by atoms with Gasteiger partial charge in [0.2, 0.25) is 0 Å². The van der Waals surface area contributed by atoms with Gasteiger partial charge in [-0.05, 0) is 51.1 Å². The number of anilines is 1. The van der Waals surface area contributed by atoms with Crippen LogP contribution < -0.4 is 10.1 Å². The molecule has 0 radical (unpaired) electrons. The van der Waals surface area contributed by atoms with Crippen LogP contribution in [0.25, 0.3) is 33.2 Å².